The van der Waals surface area contributed by atoms with Gasteiger partial charge in [0.1, 0.15) is 0 Å². The molecule has 0 spiro atoms. The smallest absolute Gasteiger partial charge is 0.330 e. The second-order valence-corrected chi connectivity index (χ2v) is 6.34. The van der Waals surface area contributed by atoms with Crippen molar-refractivity contribution in [2.75, 3.05) is 6.54 Å². The Balaban J connectivity index is 2.53. The third kappa shape index (κ3) is 3.80. The molecular formula is C15H13Cl3F3N. The van der Waals surface area contributed by atoms with Crippen LogP contribution in [0, 0.1) is 0 Å². The summed E-state index contributed by atoms with van der Waals surface area (Å²) in [6.07, 6.45) is -1.24. The van der Waals surface area contributed by atoms with E-state index in [1.807, 2.05) is 0 Å². The first-order valence-corrected chi connectivity index (χ1v) is 7.72. The molecule has 2 N–H and O–H groups in total. The van der Waals surface area contributed by atoms with Crippen LogP contribution < -0.4 is 5.73 Å². The summed E-state index contributed by atoms with van der Waals surface area (Å²) in [7, 11) is 0. The number of hydrogen-bond acceptors (Lipinski definition) is 1. The number of nitrogens with two attached hydrogens (primary N) is 1. The summed E-state index contributed by atoms with van der Waals surface area (Å²) in [5, 5.41) is -0.245. The highest BCUT2D eigenvalue weighted by molar-refractivity contribution is 6.37. The quantitative estimate of drug-likeness (QED) is 0.731. The number of rotatable bonds is 3. The van der Waals surface area contributed by atoms with Crippen molar-refractivity contribution < 1.29 is 13.2 Å². The fourth-order valence-electron chi connectivity index (χ4n) is 2.43. The molecule has 0 radical (unpaired) electrons. The average Bonchev–Trinajstić information content (AvgIpc) is 2.38. The fraction of sp³-hybridized carbons (Fsp3) is 0.333. The van der Waals surface area contributed by atoms with Crippen LogP contribution in [0.25, 0.3) is 0 Å². The maximum atomic E-state index is 13.4. The number of hydrogen-bond donors (Lipinski definition) is 1. The second-order valence-electron chi connectivity index (χ2n) is 4.96. The molecule has 0 fully saturated rings. The van der Waals surface area contributed by atoms with Gasteiger partial charge in [0.2, 0.25) is 0 Å². The van der Waals surface area contributed by atoms with E-state index in [0.29, 0.717) is 17.0 Å². The van der Waals surface area contributed by atoms with Crippen molar-refractivity contribution in [2.45, 2.75) is 23.9 Å². The van der Waals surface area contributed by atoms with Crippen LogP contribution in [0.3, 0.4) is 0 Å². The van der Waals surface area contributed by atoms with Gasteiger partial charge in [0.25, 0.3) is 0 Å². The van der Waals surface area contributed by atoms with Crippen LogP contribution in [0.5, 0.6) is 0 Å². The van der Waals surface area contributed by atoms with Gasteiger partial charge in [-0.25, -0.2) is 0 Å². The normalized spacial score (nSPS) is 22.3. The lowest BCUT2D eigenvalue weighted by Crippen LogP contribution is -2.20. The van der Waals surface area contributed by atoms with Crippen LogP contribution >= 0.6 is 34.8 Å². The molecule has 1 aliphatic carbocycles. The van der Waals surface area contributed by atoms with Gasteiger partial charge < -0.3 is 5.73 Å². The largest absolute Gasteiger partial charge is 0.416 e. The maximum absolute atomic E-state index is 13.4. The Hall–Kier alpha value is -0.680. The van der Waals surface area contributed by atoms with E-state index in [1.54, 1.807) is 6.07 Å². The Bertz CT molecular complexity index is 623. The van der Waals surface area contributed by atoms with Crippen molar-refractivity contribution in [1.29, 1.82) is 0 Å². The van der Waals surface area contributed by atoms with Crippen molar-refractivity contribution >= 4 is 34.8 Å². The first kappa shape index (κ1) is 17.7. The van der Waals surface area contributed by atoms with Crippen LogP contribution in [-0.4, -0.2) is 11.9 Å². The predicted octanol–water partition coefficient (Wildman–Crippen LogP) is 5.16. The molecule has 0 aliphatic heterocycles. The minimum Gasteiger partial charge on any atom is -0.330 e. The van der Waals surface area contributed by atoms with Crippen molar-refractivity contribution in [2.24, 2.45) is 5.73 Å². The first-order valence-electron chi connectivity index (χ1n) is 6.52. The molecule has 0 saturated heterocycles. The Kier molecular flexibility index (Phi) is 5.49. The molecule has 1 aromatic rings. The number of halogens is 6. The molecule has 2 rings (SSSR count). The molecule has 120 valence electrons. The van der Waals surface area contributed by atoms with Crippen LogP contribution in [0.15, 0.2) is 40.4 Å². The van der Waals surface area contributed by atoms with Crippen LogP contribution in [0.1, 0.15) is 22.6 Å². The average molecular weight is 371 g/mol. The Morgan fingerprint density at radius 2 is 1.86 bits per heavy atom. The van der Waals surface area contributed by atoms with Gasteiger partial charge in [-0.05, 0) is 42.3 Å². The highest BCUT2D eigenvalue weighted by atomic mass is 35.5. The molecule has 0 aromatic heterocycles. The molecule has 2 atom stereocenters. The van der Waals surface area contributed by atoms with Gasteiger partial charge in [-0.1, -0.05) is 35.3 Å². The van der Waals surface area contributed by atoms with Gasteiger partial charge in [0.05, 0.1) is 10.9 Å². The zero-order valence-corrected chi connectivity index (χ0v) is 13.6. The van der Waals surface area contributed by atoms with E-state index in [4.69, 9.17) is 40.5 Å². The number of allylic oxidation sites excluding steroid dienone is 4. The lowest BCUT2D eigenvalue weighted by atomic mass is 9.87. The third-order valence-electron chi connectivity index (χ3n) is 3.40. The van der Waals surface area contributed by atoms with Crippen LogP contribution in [-0.2, 0) is 12.6 Å². The number of benzene rings is 1. The van der Waals surface area contributed by atoms with E-state index in [1.165, 1.54) is 18.2 Å². The van der Waals surface area contributed by atoms with Gasteiger partial charge in [-0.3, -0.25) is 0 Å². The lowest BCUT2D eigenvalue weighted by Gasteiger charge is -2.27. The molecule has 0 bridgehead atoms. The molecule has 1 aliphatic rings. The minimum absolute atomic E-state index is 0.0370. The third-order valence-corrected chi connectivity index (χ3v) is 4.36. The Labute approximate surface area is 141 Å². The number of alkyl halides is 4. The van der Waals surface area contributed by atoms with Crippen LogP contribution in [0.4, 0.5) is 13.2 Å². The summed E-state index contributed by atoms with van der Waals surface area (Å²) in [4.78, 5) is 0. The molecule has 0 amide bonds. The van der Waals surface area contributed by atoms with E-state index >= 15 is 0 Å². The molecule has 2 unspecified atom stereocenters. The van der Waals surface area contributed by atoms with Gasteiger partial charge in [0, 0.05) is 16.0 Å². The topological polar surface area (TPSA) is 26.0 Å². The fourth-order valence-corrected chi connectivity index (χ4v) is 3.65. The molecule has 7 heteroatoms. The van der Waals surface area contributed by atoms with Gasteiger partial charge >= 0.3 is 6.18 Å². The Morgan fingerprint density at radius 3 is 2.41 bits per heavy atom. The molecule has 1 aromatic carbocycles. The van der Waals surface area contributed by atoms with Gasteiger partial charge in [-0.2, -0.15) is 13.2 Å². The van der Waals surface area contributed by atoms with E-state index < -0.39 is 23.0 Å². The molecule has 0 saturated carbocycles. The van der Waals surface area contributed by atoms with Crippen LogP contribution in [0.2, 0.25) is 0 Å². The highest BCUT2D eigenvalue weighted by Crippen LogP contribution is 2.44. The summed E-state index contributed by atoms with van der Waals surface area (Å²) >= 11 is 18.1. The molecule has 0 heterocycles. The molecule has 1 nitrogen and oxygen atoms in total. The molecule has 22 heavy (non-hydrogen) atoms. The summed E-state index contributed by atoms with van der Waals surface area (Å²) in [5.41, 5.74) is 5.22. The zero-order chi connectivity index (χ0) is 16.5. The van der Waals surface area contributed by atoms with Gasteiger partial charge in [0.15, 0.2) is 0 Å². The van der Waals surface area contributed by atoms with Crippen molar-refractivity contribution in [1.82, 2.24) is 0 Å². The molecular weight excluding hydrogens is 358 g/mol. The first-order chi connectivity index (χ1) is 10.2. The van der Waals surface area contributed by atoms with E-state index in [9.17, 15) is 13.2 Å². The van der Waals surface area contributed by atoms with E-state index in [0.717, 1.165) is 6.07 Å². The summed E-state index contributed by atoms with van der Waals surface area (Å²) in [6, 6.07) is 4.14. The highest BCUT2D eigenvalue weighted by Gasteiger charge is 2.38. The second kappa shape index (κ2) is 6.83. The van der Waals surface area contributed by atoms with Crippen molar-refractivity contribution in [3.05, 3.63) is 57.1 Å². The zero-order valence-electron chi connectivity index (χ0n) is 11.3. The predicted molar refractivity (Wildman–Crippen MR) is 84.5 cm³/mol. The van der Waals surface area contributed by atoms with Crippen molar-refractivity contribution in [3.8, 4) is 0 Å². The summed E-state index contributed by atoms with van der Waals surface area (Å²) < 4.78 is 40.1. The summed E-state index contributed by atoms with van der Waals surface area (Å²) in [5.74, 6) is -0.783. The summed E-state index contributed by atoms with van der Waals surface area (Å²) in [6.45, 7) is 0.275. The van der Waals surface area contributed by atoms with Crippen molar-refractivity contribution in [3.63, 3.8) is 0 Å². The SMILES string of the molecule is NCCc1ccc(C2C(Cl)=CC(Cl)=CC2Cl)c(C(F)(F)F)c1. The Morgan fingerprint density at radius 1 is 1.18 bits per heavy atom. The van der Waals surface area contributed by atoms with E-state index in [-0.39, 0.29) is 17.1 Å². The van der Waals surface area contributed by atoms with E-state index in [2.05, 4.69) is 0 Å². The lowest BCUT2D eigenvalue weighted by molar-refractivity contribution is -0.138. The minimum atomic E-state index is -4.50. The monoisotopic (exact) mass is 369 g/mol. The van der Waals surface area contributed by atoms with Gasteiger partial charge in [-0.15, -0.1) is 11.6 Å². The standard InChI is InChI=1S/C15H13Cl3F3N/c16-9-6-12(17)14(13(18)7-9)10-2-1-8(3-4-22)5-11(10)15(19,20)21/h1-2,5-7,12,14H,3-4,22H2. The maximum Gasteiger partial charge on any atom is 0.416 e.